The van der Waals surface area contributed by atoms with Gasteiger partial charge in [-0.05, 0) is 58.2 Å². The Morgan fingerprint density at radius 1 is 0.969 bits per heavy atom. The first-order chi connectivity index (χ1) is 15.3. The van der Waals surface area contributed by atoms with Gasteiger partial charge in [0, 0.05) is 30.4 Å². The summed E-state index contributed by atoms with van der Waals surface area (Å²) in [7, 11) is 0. The van der Waals surface area contributed by atoms with Crippen molar-refractivity contribution in [3.8, 4) is 0 Å². The van der Waals surface area contributed by atoms with Crippen LogP contribution in [-0.2, 0) is 5.54 Å². The third-order valence-electron chi connectivity index (χ3n) is 6.18. The first kappa shape index (κ1) is 20.4. The van der Waals surface area contributed by atoms with Crippen molar-refractivity contribution in [3.05, 3.63) is 65.6 Å². The fourth-order valence-corrected chi connectivity index (χ4v) is 4.68. The zero-order chi connectivity index (χ0) is 22.5. The van der Waals surface area contributed by atoms with Crippen LogP contribution in [0, 0.1) is 0 Å². The summed E-state index contributed by atoms with van der Waals surface area (Å²) in [5, 5.41) is 8.18. The van der Waals surface area contributed by atoms with E-state index in [1.807, 2.05) is 10.7 Å². The lowest BCUT2D eigenvalue weighted by molar-refractivity contribution is 0.0586. The number of anilines is 2. The minimum atomic E-state index is -0.240. The molecule has 32 heavy (non-hydrogen) atoms. The molecule has 1 aliphatic heterocycles. The van der Waals surface area contributed by atoms with Gasteiger partial charge in [-0.3, -0.25) is 14.5 Å². The summed E-state index contributed by atoms with van der Waals surface area (Å²) in [5.74, 6) is 1.15. The molecule has 0 saturated heterocycles. The molecule has 2 unspecified atom stereocenters. The number of benzene rings is 1. The molecular weight excluding hydrogens is 404 g/mol. The average molecular weight is 431 g/mol. The highest BCUT2D eigenvalue weighted by Crippen LogP contribution is 2.40. The van der Waals surface area contributed by atoms with Crippen molar-refractivity contribution in [1.82, 2.24) is 24.6 Å². The molecule has 3 heterocycles. The van der Waals surface area contributed by atoms with Crippen LogP contribution >= 0.6 is 0 Å². The molecule has 0 radical (unpaired) electrons. The number of hydrogen-bond donors (Lipinski definition) is 1. The molecule has 3 aromatic rings. The molecule has 0 spiro atoms. The predicted molar refractivity (Wildman–Crippen MR) is 120 cm³/mol. The van der Waals surface area contributed by atoms with E-state index in [1.54, 1.807) is 42.7 Å². The van der Waals surface area contributed by atoms with Crippen LogP contribution in [0.5, 0.6) is 0 Å². The fraction of sp³-hybridized carbons (Fsp3) is 0.375. The van der Waals surface area contributed by atoms with Crippen LogP contribution in [0.2, 0.25) is 0 Å². The third kappa shape index (κ3) is 3.45. The van der Waals surface area contributed by atoms with E-state index in [4.69, 9.17) is 5.10 Å². The summed E-state index contributed by atoms with van der Waals surface area (Å²) in [5.41, 5.74) is 1.73. The summed E-state index contributed by atoms with van der Waals surface area (Å²) in [4.78, 5) is 35.8. The van der Waals surface area contributed by atoms with E-state index in [9.17, 15) is 9.59 Å². The monoisotopic (exact) mass is 430 g/mol. The van der Waals surface area contributed by atoms with Gasteiger partial charge in [-0.1, -0.05) is 12.1 Å². The lowest BCUT2D eigenvalue weighted by Gasteiger charge is -2.22. The fourth-order valence-electron chi connectivity index (χ4n) is 4.68. The normalized spacial score (nSPS) is 20.7. The van der Waals surface area contributed by atoms with Crippen LogP contribution in [0.15, 0.2) is 48.8 Å². The minimum Gasteiger partial charge on any atom is -0.309 e. The second kappa shape index (κ2) is 7.55. The molecule has 1 saturated carbocycles. The molecule has 8 nitrogen and oxygen atoms in total. The standard InChI is InChI=1S/C24H26N6O2/c1-24(2,3)30-20(27-23-25-11-6-12-26-23)14-19(28-30)15-9-10-16(13-15)29-21(31)17-7-4-5-8-18(17)22(29)32/h4-8,11-12,14-16H,9-10,13H2,1-3H3,(H,25,26,27). The highest BCUT2D eigenvalue weighted by atomic mass is 16.2. The van der Waals surface area contributed by atoms with Crippen molar-refractivity contribution in [1.29, 1.82) is 0 Å². The van der Waals surface area contributed by atoms with Gasteiger partial charge in [-0.15, -0.1) is 0 Å². The Morgan fingerprint density at radius 3 is 2.25 bits per heavy atom. The van der Waals surface area contributed by atoms with E-state index >= 15 is 0 Å². The Hall–Kier alpha value is -3.55. The zero-order valence-corrected chi connectivity index (χ0v) is 18.4. The second-order valence-corrected chi connectivity index (χ2v) is 9.42. The van der Waals surface area contributed by atoms with Crippen LogP contribution in [-0.4, -0.2) is 42.5 Å². The van der Waals surface area contributed by atoms with Gasteiger partial charge in [0.15, 0.2) is 0 Å². The van der Waals surface area contributed by atoms with Crippen LogP contribution in [0.25, 0.3) is 0 Å². The molecule has 2 aliphatic rings. The maximum absolute atomic E-state index is 12.9. The number of aromatic nitrogens is 4. The Bertz CT molecular complexity index is 1150. The van der Waals surface area contributed by atoms with Crippen LogP contribution in [0.1, 0.15) is 72.4 Å². The molecule has 2 aromatic heterocycles. The maximum atomic E-state index is 12.9. The minimum absolute atomic E-state index is 0.110. The lowest BCUT2D eigenvalue weighted by Crippen LogP contribution is -2.38. The maximum Gasteiger partial charge on any atom is 0.261 e. The van der Waals surface area contributed by atoms with Crippen LogP contribution < -0.4 is 5.32 Å². The number of nitrogens with zero attached hydrogens (tertiary/aromatic N) is 5. The molecule has 1 N–H and O–H groups in total. The summed E-state index contributed by atoms with van der Waals surface area (Å²) in [6.07, 6.45) is 5.76. The van der Waals surface area contributed by atoms with Crippen molar-refractivity contribution < 1.29 is 9.59 Å². The quantitative estimate of drug-likeness (QED) is 0.627. The number of hydrogen-bond acceptors (Lipinski definition) is 6. The lowest BCUT2D eigenvalue weighted by atomic mass is 10.0. The van der Waals surface area contributed by atoms with E-state index in [0.29, 0.717) is 23.5 Å². The van der Waals surface area contributed by atoms with Crippen LogP contribution in [0.4, 0.5) is 11.8 Å². The van der Waals surface area contributed by atoms with Gasteiger partial charge in [-0.2, -0.15) is 5.10 Å². The topological polar surface area (TPSA) is 93.0 Å². The Balaban J connectivity index is 1.39. The summed E-state index contributed by atoms with van der Waals surface area (Å²) < 4.78 is 1.95. The molecule has 164 valence electrons. The number of nitrogens with one attached hydrogen (secondary N) is 1. The summed E-state index contributed by atoms with van der Waals surface area (Å²) in [6, 6.07) is 10.8. The molecule has 2 atom stereocenters. The van der Waals surface area contributed by atoms with Gasteiger partial charge in [0.1, 0.15) is 5.82 Å². The van der Waals surface area contributed by atoms with Gasteiger partial charge in [0.05, 0.1) is 22.4 Å². The Morgan fingerprint density at radius 2 is 1.62 bits per heavy atom. The summed E-state index contributed by atoms with van der Waals surface area (Å²) >= 11 is 0. The van der Waals surface area contributed by atoms with Crippen molar-refractivity contribution in [3.63, 3.8) is 0 Å². The molecule has 1 aliphatic carbocycles. The van der Waals surface area contributed by atoms with E-state index in [0.717, 1.165) is 24.4 Å². The first-order valence-electron chi connectivity index (χ1n) is 10.9. The SMILES string of the molecule is CC(C)(C)n1nc(C2CCC(N3C(=O)c4ccccc4C3=O)C2)cc1Nc1ncccn1. The van der Waals surface area contributed by atoms with Gasteiger partial charge < -0.3 is 5.32 Å². The smallest absolute Gasteiger partial charge is 0.261 e. The molecule has 8 heteroatoms. The van der Waals surface area contributed by atoms with Crippen LogP contribution in [0.3, 0.4) is 0 Å². The highest BCUT2D eigenvalue weighted by Gasteiger charge is 2.43. The van der Waals surface area contributed by atoms with Crippen molar-refractivity contribution in [2.45, 2.75) is 57.5 Å². The molecule has 0 bridgehead atoms. The molecule has 1 fully saturated rings. The average Bonchev–Trinajstić information content (AvgIpc) is 3.46. The number of fused-ring (bicyclic) bond motifs is 1. The largest absolute Gasteiger partial charge is 0.309 e. The van der Waals surface area contributed by atoms with Gasteiger partial charge in [-0.25, -0.2) is 14.6 Å². The van der Waals surface area contributed by atoms with E-state index < -0.39 is 0 Å². The van der Waals surface area contributed by atoms with E-state index in [1.165, 1.54) is 4.90 Å². The third-order valence-corrected chi connectivity index (χ3v) is 6.18. The number of amides is 2. The number of rotatable bonds is 4. The molecule has 2 amide bonds. The van der Waals surface area contributed by atoms with Gasteiger partial charge >= 0.3 is 0 Å². The van der Waals surface area contributed by atoms with E-state index in [-0.39, 0.29) is 29.3 Å². The second-order valence-electron chi connectivity index (χ2n) is 9.42. The van der Waals surface area contributed by atoms with Crippen molar-refractivity contribution >= 4 is 23.6 Å². The number of imide groups is 1. The van der Waals surface area contributed by atoms with Crippen molar-refractivity contribution in [2.24, 2.45) is 0 Å². The van der Waals surface area contributed by atoms with E-state index in [2.05, 4.69) is 36.1 Å². The summed E-state index contributed by atoms with van der Waals surface area (Å²) in [6.45, 7) is 6.28. The highest BCUT2D eigenvalue weighted by molar-refractivity contribution is 6.21. The Kier molecular flexibility index (Phi) is 4.80. The predicted octanol–water partition coefficient (Wildman–Crippen LogP) is 4.10. The molecular formula is C24H26N6O2. The number of carbonyl (C=O) groups is 2. The van der Waals surface area contributed by atoms with Gasteiger partial charge in [0.2, 0.25) is 5.95 Å². The Labute approximate surface area is 186 Å². The number of carbonyl (C=O) groups excluding carboxylic acids is 2. The molecule has 1 aromatic carbocycles. The first-order valence-corrected chi connectivity index (χ1v) is 10.9. The molecule has 5 rings (SSSR count). The zero-order valence-electron chi connectivity index (χ0n) is 18.4. The van der Waals surface area contributed by atoms with Gasteiger partial charge in [0.25, 0.3) is 11.8 Å². The van der Waals surface area contributed by atoms with Crippen molar-refractivity contribution in [2.75, 3.05) is 5.32 Å².